The van der Waals surface area contributed by atoms with Gasteiger partial charge in [-0.25, -0.2) is 0 Å². The fraction of sp³-hybridized carbons (Fsp3) is 0.923. The maximum Gasteiger partial charge on any atom is 0.227 e. The van der Waals surface area contributed by atoms with Gasteiger partial charge >= 0.3 is 0 Å². The third-order valence-electron chi connectivity index (χ3n) is 3.64. The van der Waals surface area contributed by atoms with Gasteiger partial charge in [0.1, 0.15) is 0 Å². The van der Waals surface area contributed by atoms with E-state index in [9.17, 15) is 4.79 Å². The minimum Gasteiger partial charge on any atom is -0.396 e. The molecule has 0 aliphatic carbocycles. The van der Waals surface area contributed by atoms with Crippen LogP contribution in [0.5, 0.6) is 0 Å². The van der Waals surface area contributed by atoms with Crippen molar-refractivity contribution in [3.8, 4) is 0 Å². The van der Waals surface area contributed by atoms with Crippen molar-refractivity contribution in [3.05, 3.63) is 0 Å². The van der Waals surface area contributed by atoms with Gasteiger partial charge in [-0.05, 0) is 32.1 Å². The van der Waals surface area contributed by atoms with E-state index in [4.69, 9.17) is 10.8 Å². The molecule has 1 aliphatic heterocycles. The van der Waals surface area contributed by atoms with Gasteiger partial charge in [-0.1, -0.05) is 13.3 Å². The smallest absolute Gasteiger partial charge is 0.227 e. The first-order chi connectivity index (χ1) is 8.24. The normalized spacial score (nSPS) is 22.5. The predicted molar refractivity (Wildman–Crippen MR) is 68.5 cm³/mol. The average Bonchev–Trinajstić information content (AvgIpc) is 2.36. The molecule has 1 aliphatic rings. The van der Waals surface area contributed by atoms with E-state index in [0.717, 1.165) is 38.6 Å². The Bertz CT molecular complexity index is 231. The van der Waals surface area contributed by atoms with E-state index in [1.54, 1.807) is 0 Å². The Morgan fingerprint density at radius 3 is 2.88 bits per heavy atom. The van der Waals surface area contributed by atoms with Crippen molar-refractivity contribution in [2.45, 2.75) is 51.5 Å². The minimum atomic E-state index is -0.0284. The van der Waals surface area contributed by atoms with Gasteiger partial charge in [-0.15, -0.1) is 0 Å². The summed E-state index contributed by atoms with van der Waals surface area (Å²) >= 11 is 0. The molecule has 0 saturated carbocycles. The molecule has 0 spiro atoms. The molecule has 4 heteroatoms. The Morgan fingerprint density at radius 1 is 1.53 bits per heavy atom. The first-order valence-corrected chi connectivity index (χ1v) is 6.86. The van der Waals surface area contributed by atoms with Crippen LogP contribution in [0.25, 0.3) is 0 Å². The number of aliphatic hydroxyl groups is 1. The number of hydrogen-bond acceptors (Lipinski definition) is 3. The van der Waals surface area contributed by atoms with Gasteiger partial charge in [0, 0.05) is 25.7 Å². The second kappa shape index (κ2) is 7.67. The van der Waals surface area contributed by atoms with Crippen molar-refractivity contribution in [1.29, 1.82) is 0 Å². The highest BCUT2D eigenvalue weighted by Gasteiger charge is 2.29. The Balaban J connectivity index is 2.62. The lowest BCUT2D eigenvalue weighted by molar-refractivity contribution is -0.139. The van der Waals surface area contributed by atoms with Gasteiger partial charge in [-0.3, -0.25) is 4.79 Å². The molecule has 0 bridgehead atoms. The maximum atomic E-state index is 12.4. The number of piperidine rings is 1. The van der Waals surface area contributed by atoms with E-state index in [1.165, 1.54) is 0 Å². The zero-order chi connectivity index (χ0) is 12.7. The molecule has 100 valence electrons. The molecule has 2 atom stereocenters. The molecule has 3 N–H and O–H groups in total. The summed E-state index contributed by atoms with van der Waals surface area (Å²) in [6.45, 7) is 3.52. The van der Waals surface area contributed by atoms with E-state index >= 15 is 0 Å². The summed E-state index contributed by atoms with van der Waals surface area (Å²) in [4.78, 5) is 14.3. The number of hydrogen-bond donors (Lipinski definition) is 2. The van der Waals surface area contributed by atoms with Crippen molar-refractivity contribution in [1.82, 2.24) is 4.90 Å². The molecule has 0 radical (unpaired) electrons. The molecule has 4 nitrogen and oxygen atoms in total. The average molecular weight is 242 g/mol. The number of nitrogens with two attached hydrogens (primary N) is 1. The third kappa shape index (κ3) is 3.96. The number of amides is 1. The Hall–Kier alpha value is -0.610. The molecular weight excluding hydrogens is 216 g/mol. The van der Waals surface area contributed by atoms with Crippen molar-refractivity contribution in [3.63, 3.8) is 0 Å². The van der Waals surface area contributed by atoms with Crippen LogP contribution < -0.4 is 5.73 Å². The van der Waals surface area contributed by atoms with Crippen LogP contribution in [0, 0.1) is 5.92 Å². The fourth-order valence-electron chi connectivity index (χ4n) is 2.66. The molecule has 1 fully saturated rings. The fourth-order valence-corrected chi connectivity index (χ4v) is 2.66. The zero-order valence-corrected chi connectivity index (χ0v) is 10.9. The molecule has 0 aromatic rings. The van der Waals surface area contributed by atoms with Crippen molar-refractivity contribution in [2.24, 2.45) is 11.7 Å². The Kier molecular flexibility index (Phi) is 6.52. The molecule has 1 amide bonds. The number of carbonyl (C=O) groups excluding carboxylic acids is 1. The summed E-state index contributed by atoms with van der Waals surface area (Å²) in [5.41, 5.74) is 5.69. The lowest BCUT2D eigenvalue weighted by Gasteiger charge is -2.37. The van der Waals surface area contributed by atoms with Crippen LogP contribution in [0.4, 0.5) is 0 Å². The van der Waals surface area contributed by atoms with Gasteiger partial charge in [0.05, 0.1) is 5.92 Å². The van der Waals surface area contributed by atoms with E-state index < -0.39 is 0 Å². The van der Waals surface area contributed by atoms with Crippen LogP contribution in [0.3, 0.4) is 0 Å². The molecule has 1 saturated heterocycles. The first-order valence-electron chi connectivity index (χ1n) is 6.86. The van der Waals surface area contributed by atoms with Crippen molar-refractivity contribution < 1.29 is 9.90 Å². The Morgan fingerprint density at radius 2 is 2.29 bits per heavy atom. The van der Waals surface area contributed by atoms with Crippen LogP contribution in [0.1, 0.15) is 45.4 Å². The van der Waals surface area contributed by atoms with Crippen LogP contribution >= 0.6 is 0 Å². The second-order valence-corrected chi connectivity index (χ2v) is 4.91. The van der Waals surface area contributed by atoms with E-state index in [0.29, 0.717) is 13.0 Å². The number of likely N-dealkylation sites (tertiary alicyclic amines) is 1. The lowest BCUT2D eigenvalue weighted by Crippen LogP contribution is -2.48. The monoisotopic (exact) mass is 242 g/mol. The summed E-state index contributed by atoms with van der Waals surface area (Å²) in [5, 5.41) is 9.05. The number of carbonyl (C=O) groups is 1. The quantitative estimate of drug-likeness (QED) is 0.733. The summed E-state index contributed by atoms with van der Waals surface area (Å²) in [6, 6.07) is 0.229. The van der Waals surface area contributed by atoms with Crippen LogP contribution in [0.15, 0.2) is 0 Å². The molecule has 1 rings (SSSR count). The van der Waals surface area contributed by atoms with Crippen LogP contribution in [0.2, 0.25) is 0 Å². The van der Waals surface area contributed by atoms with E-state index in [-0.39, 0.29) is 24.5 Å². The van der Waals surface area contributed by atoms with E-state index in [1.807, 2.05) is 4.90 Å². The summed E-state index contributed by atoms with van der Waals surface area (Å²) < 4.78 is 0. The molecule has 2 unspecified atom stereocenters. The minimum absolute atomic E-state index is 0.0284. The summed E-state index contributed by atoms with van der Waals surface area (Å²) in [5.74, 6) is 0.173. The first kappa shape index (κ1) is 14.5. The molecule has 0 aromatic heterocycles. The van der Waals surface area contributed by atoms with Gasteiger partial charge in [0.15, 0.2) is 0 Å². The Labute approximate surface area is 104 Å². The third-order valence-corrected chi connectivity index (χ3v) is 3.64. The van der Waals surface area contributed by atoms with E-state index in [2.05, 4.69) is 6.92 Å². The molecule has 0 aromatic carbocycles. The summed E-state index contributed by atoms with van der Waals surface area (Å²) in [7, 11) is 0. The van der Waals surface area contributed by atoms with Crippen molar-refractivity contribution in [2.75, 3.05) is 19.7 Å². The van der Waals surface area contributed by atoms with Crippen LogP contribution in [-0.2, 0) is 4.79 Å². The molecular formula is C13H26N2O2. The van der Waals surface area contributed by atoms with Gasteiger partial charge in [0.2, 0.25) is 5.91 Å². The predicted octanol–water partition coefficient (Wildman–Crippen LogP) is 1.12. The zero-order valence-electron chi connectivity index (χ0n) is 10.9. The highest BCUT2D eigenvalue weighted by molar-refractivity contribution is 5.79. The highest BCUT2D eigenvalue weighted by atomic mass is 16.3. The lowest BCUT2D eigenvalue weighted by atomic mass is 9.95. The van der Waals surface area contributed by atoms with Gasteiger partial charge in [0.25, 0.3) is 0 Å². The van der Waals surface area contributed by atoms with Gasteiger partial charge in [-0.2, -0.15) is 0 Å². The number of rotatable bonds is 6. The molecule has 1 heterocycles. The SMILES string of the molecule is CCCC(CN)C(=O)N1CCCCC1CCO. The topological polar surface area (TPSA) is 66.6 Å². The van der Waals surface area contributed by atoms with Crippen molar-refractivity contribution >= 4 is 5.91 Å². The summed E-state index contributed by atoms with van der Waals surface area (Å²) in [6.07, 6.45) is 5.83. The second-order valence-electron chi connectivity index (χ2n) is 4.91. The number of aliphatic hydroxyl groups excluding tert-OH is 1. The standard InChI is InChI=1S/C13H26N2O2/c1-2-5-11(10-14)13(17)15-8-4-3-6-12(15)7-9-16/h11-12,16H,2-10,14H2,1H3. The molecule has 17 heavy (non-hydrogen) atoms. The van der Waals surface area contributed by atoms with Gasteiger partial charge < -0.3 is 15.7 Å². The van der Waals surface area contributed by atoms with Crippen LogP contribution in [-0.4, -0.2) is 41.7 Å². The highest BCUT2D eigenvalue weighted by Crippen LogP contribution is 2.22. The number of nitrogens with zero attached hydrogens (tertiary/aromatic N) is 1. The maximum absolute atomic E-state index is 12.4. The largest absolute Gasteiger partial charge is 0.396 e.